The maximum atomic E-state index is 13.4. The van der Waals surface area contributed by atoms with E-state index in [1.54, 1.807) is 12.1 Å². The normalized spacial score (nSPS) is 21.9. The number of halogens is 2. The second-order valence-electron chi connectivity index (χ2n) is 5.44. The number of nitrogens with one attached hydrogen (secondary N) is 2. The second kappa shape index (κ2) is 7.60. The maximum absolute atomic E-state index is 13.4. The van der Waals surface area contributed by atoms with E-state index < -0.39 is 0 Å². The third kappa shape index (κ3) is 4.18. The van der Waals surface area contributed by atoms with Gasteiger partial charge in [0.1, 0.15) is 5.82 Å². The van der Waals surface area contributed by atoms with E-state index >= 15 is 0 Å². The molecular weight excluding hydrogens is 279 g/mol. The van der Waals surface area contributed by atoms with Gasteiger partial charge < -0.3 is 10.6 Å². The van der Waals surface area contributed by atoms with Gasteiger partial charge in [0.15, 0.2) is 0 Å². The zero-order valence-corrected chi connectivity index (χ0v) is 12.6. The Morgan fingerprint density at radius 1 is 1.45 bits per heavy atom. The van der Waals surface area contributed by atoms with E-state index in [2.05, 4.69) is 10.6 Å². The predicted octanol–water partition coefficient (Wildman–Crippen LogP) is 2.30. The number of rotatable bonds is 4. The van der Waals surface area contributed by atoms with Gasteiger partial charge >= 0.3 is 0 Å². The Morgan fingerprint density at radius 3 is 2.85 bits per heavy atom. The second-order valence-corrected chi connectivity index (χ2v) is 5.44. The molecule has 1 aromatic carbocycles. The number of hydrogen-bond donors (Lipinski definition) is 2. The lowest BCUT2D eigenvalue weighted by Gasteiger charge is -2.32. The molecule has 1 aromatic rings. The first kappa shape index (κ1) is 16.9. The third-order valence-electron chi connectivity index (χ3n) is 3.78. The summed E-state index contributed by atoms with van der Waals surface area (Å²) in [6.45, 7) is 4.17. The average molecular weight is 301 g/mol. The van der Waals surface area contributed by atoms with Crippen molar-refractivity contribution in [2.45, 2.75) is 26.2 Å². The van der Waals surface area contributed by atoms with Gasteiger partial charge in [-0.1, -0.05) is 18.2 Å². The summed E-state index contributed by atoms with van der Waals surface area (Å²) < 4.78 is 13.4. The molecule has 0 radical (unpaired) electrons. The summed E-state index contributed by atoms with van der Waals surface area (Å²) in [5, 5.41) is 6.18. The largest absolute Gasteiger partial charge is 0.355 e. The molecule has 1 unspecified atom stereocenters. The van der Waals surface area contributed by atoms with Crippen molar-refractivity contribution in [1.29, 1.82) is 0 Å². The molecule has 0 spiro atoms. The predicted molar refractivity (Wildman–Crippen MR) is 80.6 cm³/mol. The minimum absolute atomic E-state index is 0. The number of carbonyl (C=O) groups is 1. The van der Waals surface area contributed by atoms with Crippen molar-refractivity contribution in [3.05, 3.63) is 35.6 Å². The molecule has 1 aliphatic heterocycles. The summed E-state index contributed by atoms with van der Waals surface area (Å²) in [4.78, 5) is 12.2. The van der Waals surface area contributed by atoms with Gasteiger partial charge in [0, 0.05) is 13.1 Å². The summed E-state index contributed by atoms with van der Waals surface area (Å²) in [5.74, 6) is -0.140. The highest BCUT2D eigenvalue weighted by Crippen LogP contribution is 2.25. The molecule has 1 fully saturated rings. The molecule has 1 amide bonds. The molecule has 20 heavy (non-hydrogen) atoms. The topological polar surface area (TPSA) is 41.1 Å². The molecule has 112 valence electrons. The summed E-state index contributed by atoms with van der Waals surface area (Å²) >= 11 is 0. The summed E-state index contributed by atoms with van der Waals surface area (Å²) in [6, 6.07) is 6.69. The van der Waals surface area contributed by atoms with Crippen molar-refractivity contribution < 1.29 is 9.18 Å². The molecular formula is C15H22ClFN2O. The van der Waals surface area contributed by atoms with Crippen LogP contribution in [0.4, 0.5) is 4.39 Å². The van der Waals surface area contributed by atoms with Crippen LogP contribution in [0.5, 0.6) is 0 Å². The van der Waals surface area contributed by atoms with E-state index in [0.717, 1.165) is 25.9 Å². The van der Waals surface area contributed by atoms with Gasteiger partial charge in [-0.05, 0) is 44.4 Å². The minimum Gasteiger partial charge on any atom is -0.355 e. The molecule has 2 rings (SSSR count). The molecule has 0 aromatic heterocycles. The zero-order valence-electron chi connectivity index (χ0n) is 11.7. The van der Waals surface area contributed by atoms with Crippen LogP contribution in [-0.4, -0.2) is 25.5 Å². The first-order valence-electron chi connectivity index (χ1n) is 6.84. The van der Waals surface area contributed by atoms with Crippen molar-refractivity contribution in [2.24, 2.45) is 5.41 Å². The Bertz CT molecular complexity index is 447. The lowest BCUT2D eigenvalue weighted by atomic mass is 9.82. The van der Waals surface area contributed by atoms with E-state index in [9.17, 15) is 9.18 Å². The summed E-state index contributed by atoms with van der Waals surface area (Å²) in [5.41, 5.74) is 0.322. The van der Waals surface area contributed by atoms with Crippen molar-refractivity contribution >= 4 is 18.3 Å². The number of piperidine rings is 1. The molecule has 3 nitrogen and oxygen atoms in total. The van der Waals surface area contributed by atoms with Crippen LogP contribution < -0.4 is 10.6 Å². The lowest BCUT2D eigenvalue weighted by molar-refractivity contribution is -0.131. The van der Waals surface area contributed by atoms with Gasteiger partial charge in [0.05, 0.1) is 5.41 Å². The van der Waals surface area contributed by atoms with Crippen LogP contribution >= 0.6 is 12.4 Å². The fraction of sp³-hybridized carbons (Fsp3) is 0.533. The number of benzene rings is 1. The van der Waals surface area contributed by atoms with Gasteiger partial charge in [-0.3, -0.25) is 4.79 Å². The van der Waals surface area contributed by atoms with Gasteiger partial charge in [0.25, 0.3) is 0 Å². The third-order valence-corrected chi connectivity index (χ3v) is 3.78. The maximum Gasteiger partial charge on any atom is 0.227 e. The van der Waals surface area contributed by atoms with Crippen molar-refractivity contribution in [3.8, 4) is 0 Å². The van der Waals surface area contributed by atoms with Gasteiger partial charge in [-0.2, -0.15) is 0 Å². The van der Waals surface area contributed by atoms with Crippen LogP contribution in [0.1, 0.15) is 25.3 Å². The van der Waals surface area contributed by atoms with E-state index in [-0.39, 0.29) is 29.5 Å². The first-order valence-corrected chi connectivity index (χ1v) is 6.84. The van der Waals surface area contributed by atoms with Crippen molar-refractivity contribution in [1.82, 2.24) is 10.6 Å². The van der Waals surface area contributed by atoms with Gasteiger partial charge in [0.2, 0.25) is 5.91 Å². The molecule has 2 N–H and O–H groups in total. The van der Waals surface area contributed by atoms with Crippen molar-refractivity contribution in [2.75, 3.05) is 19.6 Å². The molecule has 1 atom stereocenters. The highest BCUT2D eigenvalue weighted by molar-refractivity contribution is 5.85. The number of amides is 1. The summed E-state index contributed by atoms with van der Waals surface area (Å²) in [7, 11) is 0. The highest BCUT2D eigenvalue weighted by Gasteiger charge is 2.34. The fourth-order valence-electron chi connectivity index (χ4n) is 2.48. The quantitative estimate of drug-likeness (QED) is 0.896. The monoisotopic (exact) mass is 300 g/mol. The van der Waals surface area contributed by atoms with E-state index in [1.807, 2.05) is 13.0 Å². The standard InChI is InChI=1S/C15H21FN2O.ClH/c1-15(8-4-9-17-11-15)14(19)18-10-7-12-5-2-3-6-13(12)16;/h2-3,5-6,17H,4,7-11H2,1H3,(H,18,19);1H. The smallest absolute Gasteiger partial charge is 0.227 e. The SMILES string of the molecule is CC1(C(=O)NCCc2ccccc2F)CCCNC1.Cl. The molecule has 1 saturated heterocycles. The molecule has 1 aliphatic rings. The minimum atomic E-state index is -0.326. The van der Waals surface area contributed by atoms with Crippen molar-refractivity contribution in [3.63, 3.8) is 0 Å². The number of carbonyl (C=O) groups excluding carboxylic acids is 1. The molecule has 0 bridgehead atoms. The van der Waals surface area contributed by atoms with Crippen LogP contribution in [-0.2, 0) is 11.2 Å². The van der Waals surface area contributed by atoms with Crippen LogP contribution in [0.2, 0.25) is 0 Å². The first-order chi connectivity index (χ1) is 9.12. The number of hydrogen-bond acceptors (Lipinski definition) is 2. The Kier molecular flexibility index (Phi) is 6.43. The van der Waals surface area contributed by atoms with Crippen LogP contribution in [0.25, 0.3) is 0 Å². The lowest BCUT2D eigenvalue weighted by Crippen LogP contribution is -2.49. The molecule has 5 heteroatoms. The Labute approximate surface area is 125 Å². The molecule has 1 heterocycles. The fourth-order valence-corrected chi connectivity index (χ4v) is 2.48. The Balaban J connectivity index is 0.00000200. The molecule has 0 aliphatic carbocycles. The van der Waals surface area contributed by atoms with Gasteiger partial charge in [-0.25, -0.2) is 4.39 Å². The van der Waals surface area contributed by atoms with Gasteiger partial charge in [-0.15, -0.1) is 12.4 Å². The highest BCUT2D eigenvalue weighted by atomic mass is 35.5. The summed E-state index contributed by atoms with van der Waals surface area (Å²) in [6.07, 6.45) is 2.46. The van der Waals surface area contributed by atoms with Crippen LogP contribution in [0.3, 0.4) is 0 Å². The average Bonchev–Trinajstić information content (AvgIpc) is 2.41. The molecule has 0 saturated carbocycles. The van der Waals surface area contributed by atoms with E-state index in [1.165, 1.54) is 6.07 Å². The van der Waals surface area contributed by atoms with E-state index in [0.29, 0.717) is 18.5 Å². The Morgan fingerprint density at radius 2 is 2.20 bits per heavy atom. The van der Waals surface area contributed by atoms with Crippen LogP contribution in [0.15, 0.2) is 24.3 Å². The van der Waals surface area contributed by atoms with E-state index in [4.69, 9.17) is 0 Å². The van der Waals surface area contributed by atoms with Crippen LogP contribution in [0, 0.1) is 11.2 Å². The zero-order chi connectivity index (χ0) is 13.7. The Hall–Kier alpha value is -1.13.